The van der Waals surface area contributed by atoms with Gasteiger partial charge in [-0.2, -0.15) is 0 Å². The topological polar surface area (TPSA) is 0 Å². The Morgan fingerprint density at radius 1 is 1.11 bits per heavy atom. The molecule has 0 aliphatic rings. The van der Waals surface area contributed by atoms with Gasteiger partial charge in [0.2, 0.25) is 0 Å². The van der Waals surface area contributed by atoms with E-state index in [1.54, 1.807) is 6.07 Å². The first-order chi connectivity index (χ1) is 8.56. The maximum atomic E-state index is 13.4. The fourth-order valence-electron chi connectivity index (χ4n) is 1.39. The van der Waals surface area contributed by atoms with Crippen LogP contribution in [0.4, 0.5) is 8.78 Å². The van der Waals surface area contributed by atoms with Gasteiger partial charge in [-0.05, 0) is 29.8 Å². The van der Waals surface area contributed by atoms with Gasteiger partial charge < -0.3 is 0 Å². The molecule has 0 N–H and O–H groups in total. The molecule has 0 radical (unpaired) electrons. The van der Waals surface area contributed by atoms with Crippen molar-refractivity contribution < 1.29 is 8.78 Å². The molecule has 0 aromatic heterocycles. The smallest absolute Gasteiger partial charge is 0.139 e. The van der Waals surface area contributed by atoms with Gasteiger partial charge in [0.1, 0.15) is 11.6 Å². The molecule has 0 atom stereocenters. The third-order valence-corrected chi connectivity index (χ3v) is 4.23. The normalized spacial score (nSPS) is 10.7. The van der Waals surface area contributed by atoms with E-state index < -0.39 is 11.6 Å². The Balaban J connectivity index is 2.11. The molecule has 2 aromatic carbocycles. The lowest BCUT2D eigenvalue weighted by Gasteiger charge is -2.06. The highest BCUT2D eigenvalue weighted by molar-refractivity contribution is 9.10. The summed E-state index contributed by atoms with van der Waals surface area (Å²) in [6.45, 7) is 0. The van der Waals surface area contributed by atoms with E-state index in [9.17, 15) is 8.78 Å². The van der Waals surface area contributed by atoms with Crippen molar-refractivity contribution in [2.75, 3.05) is 0 Å². The molecule has 0 heterocycles. The Labute approximate surface area is 121 Å². The molecule has 0 spiro atoms. The average Bonchev–Trinajstić information content (AvgIpc) is 2.30. The van der Waals surface area contributed by atoms with Crippen molar-refractivity contribution >= 4 is 39.3 Å². The van der Waals surface area contributed by atoms with E-state index >= 15 is 0 Å². The summed E-state index contributed by atoms with van der Waals surface area (Å²) in [5.74, 6) is -0.582. The second kappa shape index (κ2) is 6.04. The number of rotatable bonds is 3. The Hall–Kier alpha value is -0.580. The lowest BCUT2D eigenvalue weighted by molar-refractivity contribution is 0.565. The highest BCUT2D eigenvalue weighted by atomic mass is 79.9. The summed E-state index contributed by atoms with van der Waals surface area (Å²) in [6.07, 6.45) is 0. The predicted octanol–water partition coefficient (Wildman–Crippen LogP) is 5.67. The van der Waals surface area contributed by atoms with E-state index in [-0.39, 0.29) is 0 Å². The lowest BCUT2D eigenvalue weighted by Crippen LogP contribution is -1.86. The summed E-state index contributed by atoms with van der Waals surface area (Å²) in [6, 6.07) is 9.10. The van der Waals surface area contributed by atoms with Crippen molar-refractivity contribution in [2.24, 2.45) is 0 Å². The first-order valence-electron chi connectivity index (χ1n) is 5.08. The van der Waals surface area contributed by atoms with Crippen LogP contribution in [0, 0.1) is 11.6 Å². The molecule has 0 nitrogen and oxygen atoms in total. The summed E-state index contributed by atoms with van der Waals surface area (Å²) in [7, 11) is 0. The molecule has 5 heteroatoms. The van der Waals surface area contributed by atoms with Crippen LogP contribution in [-0.4, -0.2) is 0 Å². The van der Waals surface area contributed by atoms with E-state index in [2.05, 4.69) is 15.9 Å². The minimum absolute atomic E-state index is 0.412. The van der Waals surface area contributed by atoms with Crippen molar-refractivity contribution in [1.82, 2.24) is 0 Å². The molecule has 0 saturated heterocycles. The molecular weight excluding hydrogens is 342 g/mol. The van der Waals surface area contributed by atoms with Gasteiger partial charge in [-0.3, -0.25) is 0 Å². The van der Waals surface area contributed by atoms with Crippen LogP contribution in [0.25, 0.3) is 0 Å². The Kier molecular flexibility index (Phi) is 4.65. The van der Waals surface area contributed by atoms with Crippen molar-refractivity contribution in [3.63, 3.8) is 0 Å². The average molecular weight is 350 g/mol. The molecule has 0 bridgehead atoms. The zero-order valence-electron chi connectivity index (χ0n) is 9.09. The second-order valence-electron chi connectivity index (χ2n) is 3.60. The number of hydrogen-bond donors (Lipinski definition) is 0. The number of hydrogen-bond acceptors (Lipinski definition) is 1. The minimum atomic E-state index is -0.571. The summed E-state index contributed by atoms with van der Waals surface area (Å²) in [4.78, 5) is 0.412. The van der Waals surface area contributed by atoms with Crippen molar-refractivity contribution in [2.45, 2.75) is 10.6 Å². The molecule has 0 aliphatic carbocycles. The summed E-state index contributed by atoms with van der Waals surface area (Å²) < 4.78 is 27.1. The van der Waals surface area contributed by atoms with Gasteiger partial charge in [-0.1, -0.05) is 33.6 Å². The Morgan fingerprint density at radius 2 is 1.89 bits per heavy atom. The molecule has 0 unspecified atom stereocenters. The van der Waals surface area contributed by atoms with E-state index in [0.29, 0.717) is 15.7 Å². The largest absolute Gasteiger partial charge is 0.207 e. The van der Waals surface area contributed by atoms with Crippen molar-refractivity contribution in [1.29, 1.82) is 0 Å². The van der Waals surface area contributed by atoms with Crippen LogP contribution in [0.3, 0.4) is 0 Å². The second-order valence-corrected chi connectivity index (χ2v) is 5.94. The zero-order valence-corrected chi connectivity index (χ0v) is 12.2. The van der Waals surface area contributed by atoms with Crippen LogP contribution in [-0.2, 0) is 5.75 Å². The molecule has 94 valence electrons. The molecule has 18 heavy (non-hydrogen) atoms. The Bertz CT molecular complexity index is 523. The molecule has 2 aromatic rings. The third-order valence-electron chi connectivity index (χ3n) is 2.29. The van der Waals surface area contributed by atoms with Crippen molar-refractivity contribution in [3.8, 4) is 0 Å². The summed E-state index contributed by atoms with van der Waals surface area (Å²) >= 11 is 10.7. The molecule has 0 aliphatic heterocycles. The Morgan fingerprint density at radius 3 is 2.56 bits per heavy atom. The number of halogens is 4. The summed E-state index contributed by atoms with van der Waals surface area (Å²) in [5.41, 5.74) is 0.911. The SMILES string of the molecule is Fc1ccc(SCc2ccc(Br)cc2Cl)c(F)c1. The van der Waals surface area contributed by atoms with Gasteiger partial charge in [0.25, 0.3) is 0 Å². The highest BCUT2D eigenvalue weighted by Gasteiger charge is 2.07. The standard InChI is InChI=1S/C13H8BrClF2S/c14-9-2-1-8(11(15)5-9)7-18-13-4-3-10(16)6-12(13)17/h1-6H,7H2. The molecule has 2 rings (SSSR count). The number of benzene rings is 2. The first-order valence-corrected chi connectivity index (χ1v) is 7.23. The van der Waals surface area contributed by atoms with Crippen LogP contribution in [0.2, 0.25) is 5.02 Å². The van der Waals surface area contributed by atoms with Gasteiger partial charge in [-0.15, -0.1) is 11.8 Å². The van der Waals surface area contributed by atoms with Crippen LogP contribution in [0.1, 0.15) is 5.56 Å². The molecular formula is C13H8BrClF2S. The van der Waals surface area contributed by atoms with Crippen LogP contribution in [0.5, 0.6) is 0 Å². The van der Waals surface area contributed by atoms with E-state index in [0.717, 1.165) is 16.1 Å². The van der Waals surface area contributed by atoms with Crippen LogP contribution < -0.4 is 0 Å². The van der Waals surface area contributed by atoms with Gasteiger partial charge in [0.15, 0.2) is 0 Å². The fourth-order valence-corrected chi connectivity index (χ4v) is 3.13. The maximum Gasteiger partial charge on any atom is 0.139 e. The predicted molar refractivity (Wildman–Crippen MR) is 75.1 cm³/mol. The maximum absolute atomic E-state index is 13.4. The van der Waals surface area contributed by atoms with Gasteiger partial charge in [0, 0.05) is 26.2 Å². The molecule has 0 fully saturated rings. The van der Waals surface area contributed by atoms with E-state index in [4.69, 9.17) is 11.6 Å². The monoisotopic (exact) mass is 348 g/mol. The quantitative estimate of drug-likeness (QED) is 0.643. The lowest BCUT2D eigenvalue weighted by atomic mass is 10.2. The molecule has 0 saturated carbocycles. The van der Waals surface area contributed by atoms with Crippen LogP contribution >= 0.6 is 39.3 Å². The zero-order chi connectivity index (χ0) is 13.1. The first kappa shape index (κ1) is 13.8. The number of thioether (sulfide) groups is 1. The summed E-state index contributed by atoms with van der Waals surface area (Å²) in [5, 5.41) is 0.624. The van der Waals surface area contributed by atoms with Crippen molar-refractivity contribution in [3.05, 3.63) is 63.1 Å². The minimum Gasteiger partial charge on any atom is -0.207 e. The van der Waals surface area contributed by atoms with Gasteiger partial charge in [0.05, 0.1) is 0 Å². The fraction of sp³-hybridized carbons (Fsp3) is 0.0769. The van der Waals surface area contributed by atoms with E-state index in [1.165, 1.54) is 23.9 Å². The molecule has 0 amide bonds. The van der Waals surface area contributed by atoms with Gasteiger partial charge >= 0.3 is 0 Å². The third kappa shape index (κ3) is 3.46. The van der Waals surface area contributed by atoms with Crippen LogP contribution in [0.15, 0.2) is 45.8 Å². The van der Waals surface area contributed by atoms with Gasteiger partial charge in [-0.25, -0.2) is 8.78 Å². The van der Waals surface area contributed by atoms with E-state index in [1.807, 2.05) is 12.1 Å². The highest BCUT2D eigenvalue weighted by Crippen LogP contribution is 2.30.